The van der Waals surface area contributed by atoms with E-state index in [1.165, 1.54) is 51.4 Å². The van der Waals surface area contributed by atoms with Gasteiger partial charge in [-0.15, -0.1) is 0 Å². The third-order valence-electron chi connectivity index (χ3n) is 5.35. The van der Waals surface area contributed by atoms with E-state index in [0.29, 0.717) is 12.6 Å². The minimum Gasteiger partial charge on any atom is -0.395 e. The Hall–Kier alpha value is -0.120. The van der Waals surface area contributed by atoms with Crippen molar-refractivity contribution in [2.45, 2.75) is 75.5 Å². The molecule has 18 heavy (non-hydrogen) atoms. The highest BCUT2D eigenvalue weighted by Gasteiger charge is 2.44. The van der Waals surface area contributed by atoms with Crippen LogP contribution in [0.5, 0.6) is 0 Å². The zero-order chi connectivity index (χ0) is 12.4. The van der Waals surface area contributed by atoms with Crippen molar-refractivity contribution in [3.63, 3.8) is 0 Å². The summed E-state index contributed by atoms with van der Waals surface area (Å²) in [4.78, 5) is 2.62. The number of hydrogen-bond acceptors (Lipinski definition) is 3. The van der Waals surface area contributed by atoms with E-state index in [2.05, 4.69) is 4.90 Å². The van der Waals surface area contributed by atoms with Gasteiger partial charge in [-0.1, -0.05) is 12.8 Å². The highest BCUT2D eigenvalue weighted by atomic mass is 16.5. The molecule has 3 nitrogen and oxygen atoms in total. The van der Waals surface area contributed by atoms with Gasteiger partial charge >= 0.3 is 0 Å². The van der Waals surface area contributed by atoms with E-state index in [-0.39, 0.29) is 5.60 Å². The highest BCUT2D eigenvalue weighted by molar-refractivity contribution is 4.98. The van der Waals surface area contributed by atoms with Crippen molar-refractivity contribution in [1.82, 2.24) is 4.90 Å². The Morgan fingerprint density at radius 2 is 1.83 bits per heavy atom. The smallest absolute Gasteiger partial charge is 0.0697 e. The van der Waals surface area contributed by atoms with E-state index in [9.17, 15) is 5.11 Å². The van der Waals surface area contributed by atoms with Crippen molar-refractivity contribution >= 4 is 0 Å². The summed E-state index contributed by atoms with van der Waals surface area (Å²) in [5.74, 6) is 0. The maximum absolute atomic E-state index is 9.36. The highest BCUT2D eigenvalue weighted by Crippen LogP contribution is 2.44. The van der Waals surface area contributed by atoms with Crippen LogP contribution in [0.2, 0.25) is 0 Å². The second-order valence-electron chi connectivity index (χ2n) is 6.43. The molecule has 0 aromatic rings. The molecule has 0 aromatic heterocycles. The van der Waals surface area contributed by atoms with Crippen LogP contribution in [0.4, 0.5) is 0 Å². The molecule has 104 valence electrons. The fourth-order valence-corrected chi connectivity index (χ4v) is 4.22. The van der Waals surface area contributed by atoms with E-state index >= 15 is 0 Å². The molecule has 0 radical (unpaired) electrons. The Bertz CT molecular complexity index is 272. The van der Waals surface area contributed by atoms with Gasteiger partial charge in [-0.3, -0.25) is 4.90 Å². The molecular weight excluding hydrogens is 226 g/mol. The number of rotatable bonds is 4. The molecule has 3 fully saturated rings. The van der Waals surface area contributed by atoms with Gasteiger partial charge in [-0.2, -0.15) is 0 Å². The Morgan fingerprint density at radius 1 is 1.06 bits per heavy atom. The van der Waals surface area contributed by atoms with Gasteiger partial charge in [0.2, 0.25) is 0 Å². The first-order chi connectivity index (χ1) is 8.83. The molecule has 1 unspecified atom stereocenters. The quantitative estimate of drug-likeness (QED) is 0.834. The summed E-state index contributed by atoms with van der Waals surface area (Å²) in [6, 6.07) is 1.40. The van der Waals surface area contributed by atoms with Gasteiger partial charge in [0.15, 0.2) is 0 Å². The SMILES string of the molecule is OCCN(C1CCCC1)C1CCOC2(CCC2)C1. The van der Waals surface area contributed by atoms with Crippen molar-refractivity contribution < 1.29 is 9.84 Å². The molecule has 0 aromatic carbocycles. The van der Waals surface area contributed by atoms with E-state index in [4.69, 9.17) is 4.74 Å². The van der Waals surface area contributed by atoms with Crippen LogP contribution in [0.1, 0.15) is 57.8 Å². The molecule has 2 saturated carbocycles. The Labute approximate surface area is 110 Å². The molecule has 3 heteroatoms. The first-order valence-electron chi connectivity index (χ1n) is 7.84. The molecule has 3 rings (SSSR count). The van der Waals surface area contributed by atoms with Gasteiger partial charge in [0.1, 0.15) is 0 Å². The molecule has 1 saturated heterocycles. The average molecular weight is 253 g/mol. The van der Waals surface area contributed by atoms with Crippen molar-refractivity contribution in [3.8, 4) is 0 Å². The third kappa shape index (κ3) is 2.45. The van der Waals surface area contributed by atoms with Crippen LogP contribution in [-0.2, 0) is 4.74 Å². The van der Waals surface area contributed by atoms with Crippen molar-refractivity contribution in [1.29, 1.82) is 0 Å². The molecule has 0 amide bonds. The van der Waals surface area contributed by atoms with Crippen LogP contribution in [0, 0.1) is 0 Å². The first-order valence-corrected chi connectivity index (χ1v) is 7.84. The van der Waals surface area contributed by atoms with Gasteiger partial charge in [0, 0.05) is 25.2 Å². The third-order valence-corrected chi connectivity index (χ3v) is 5.35. The van der Waals surface area contributed by atoms with E-state index < -0.39 is 0 Å². The zero-order valence-electron chi connectivity index (χ0n) is 11.4. The molecule has 1 N–H and O–H groups in total. The van der Waals surface area contributed by atoms with Crippen molar-refractivity contribution in [2.24, 2.45) is 0 Å². The number of nitrogens with zero attached hydrogens (tertiary/aromatic N) is 1. The molecule has 1 spiro atoms. The number of aliphatic hydroxyl groups excluding tert-OH is 1. The van der Waals surface area contributed by atoms with Crippen LogP contribution in [0.25, 0.3) is 0 Å². The Morgan fingerprint density at radius 3 is 2.44 bits per heavy atom. The van der Waals surface area contributed by atoms with E-state index in [1.54, 1.807) is 0 Å². The lowest BCUT2D eigenvalue weighted by Gasteiger charge is -2.50. The van der Waals surface area contributed by atoms with Gasteiger partial charge in [0.05, 0.1) is 12.2 Å². The molecule has 3 aliphatic rings. The minimum absolute atomic E-state index is 0.231. The van der Waals surface area contributed by atoms with Gasteiger partial charge in [-0.05, 0) is 44.9 Å². The second kappa shape index (κ2) is 5.48. The van der Waals surface area contributed by atoms with E-state index in [0.717, 1.165) is 25.6 Å². The summed E-state index contributed by atoms with van der Waals surface area (Å²) in [7, 11) is 0. The summed E-state index contributed by atoms with van der Waals surface area (Å²) in [5.41, 5.74) is 0.231. The maximum Gasteiger partial charge on any atom is 0.0697 e. The van der Waals surface area contributed by atoms with Crippen LogP contribution in [-0.4, -0.2) is 47.4 Å². The van der Waals surface area contributed by atoms with Crippen molar-refractivity contribution in [3.05, 3.63) is 0 Å². The molecule has 2 aliphatic carbocycles. The summed E-state index contributed by atoms with van der Waals surface area (Å²) in [5, 5.41) is 9.36. The summed E-state index contributed by atoms with van der Waals surface area (Å²) in [6.45, 7) is 2.10. The normalized spacial score (nSPS) is 32.0. The monoisotopic (exact) mass is 253 g/mol. The molecule has 1 aliphatic heterocycles. The first kappa shape index (κ1) is 12.9. The predicted molar refractivity (Wildman–Crippen MR) is 71.6 cm³/mol. The standard InChI is InChI=1S/C15H27NO2/c17-10-9-16(13-4-1-2-5-13)14-6-11-18-15(12-14)7-3-8-15/h13-14,17H,1-12H2. The summed E-state index contributed by atoms with van der Waals surface area (Å²) < 4.78 is 6.03. The Balaban J connectivity index is 1.65. The fraction of sp³-hybridized carbons (Fsp3) is 1.00. The summed E-state index contributed by atoms with van der Waals surface area (Å²) in [6.07, 6.45) is 11.7. The number of hydrogen-bond donors (Lipinski definition) is 1. The van der Waals surface area contributed by atoms with Crippen LogP contribution >= 0.6 is 0 Å². The minimum atomic E-state index is 0.231. The molecular formula is C15H27NO2. The average Bonchev–Trinajstić information content (AvgIpc) is 2.88. The largest absolute Gasteiger partial charge is 0.395 e. The maximum atomic E-state index is 9.36. The molecule has 1 atom stereocenters. The zero-order valence-corrected chi connectivity index (χ0v) is 11.4. The van der Waals surface area contributed by atoms with Gasteiger partial charge in [0.25, 0.3) is 0 Å². The van der Waals surface area contributed by atoms with Gasteiger partial charge in [-0.25, -0.2) is 0 Å². The molecule has 0 bridgehead atoms. The lowest BCUT2D eigenvalue weighted by molar-refractivity contribution is -0.152. The lowest BCUT2D eigenvalue weighted by Crippen LogP contribution is -2.54. The van der Waals surface area contributed by atoms with E-state index in [1.807, 2.05) is 0 Å². The lowest BCUT2D eigenvalue weighted by atomic mass is 9.73. The number of ether oxygens (including phenoxy) is 1. The molecule has 1 heterocycles. The van der Waals surface area contributed by atoms with Crippen LogP contribution in [0.3, 0.4) is 0 Å². The number of aliphatic hydroxyl groups is 1. The second-order valence-corrected chi connectivity index (χ2v) is 6.43. The van der Waals surface area contributed by atoms with Crippen molar-refractivity contribution in [2.75, 3.05) is 19.8 Å². The van der Waals surface area contributed by atoms with Crippen LogP contribution < -0.4 is 0 Å². The fourth-order valence-electron chi connectivity index (χ4n) is 4.22. The summed E-state index contributed by atoms with van der Waals surface area (Å²) >= 11 is 0. The van der Waals surface area contributed by atoms with Gasteiger partial charge < -0.3 is 9.84 Å². The Kier molecular flexibility index (Phi) is 3.92. The predicted octanol–water partition coefficient (Wildman–Crippen LogP) is 2.33. The topological polar surface area (TPSA) is 32.7 Å². The van der Waals surface area contributed by atoms with Crippen LogP contribution in [0.15, 0.2) is 0 Å².